The van der Waals surface area contributed by atoms with Crippen molar-refractivity contribution in [1.29, 1.82) is 0 Å². The SMILES string of the molecule is CCc1cccc(C)c1NC(=O)CON=C1CCN(C(=O)Nc2ccccc2)CC1. The lowest BCUT2D eigenvalue weighted by Crippen LogP contribution is -2.41. The largest absolute Gasteiger partial charge is 0.386 e. The molecule has 1 saturated heterocycles. The number of para-hydroxylation sites is 2. The van der Waals surface area contributed by atoms with E-state index in [1.807, 2.05) is 55.5 Å². The number of carbonyl (C=O) groups excluding carboxylic acids is 2. The Hall–Kier alpha value is -3.35. The van der Waals surface area contributed by atoms with E-state index in [-0.39, 0.29) is 18.5 Å². The summed E-state index contributed by atoms with van der Waals surface area (Å²) in [5, 5.41) is 9.91. The van der Waals surface area contributed by atoms with Gasteiger partial charge in [0.05, 0.1) is 5.71 Å². The number of nitrogens with zero attached hydrogens (tertiary/aromatic N) is 2. The molecule has 0 saturated carbocycles. The third-order valence-corrected chi connectivity index (χ3v) is 5.05. The van der Waals surface area contributed by atoms with Gasteiger partial charge in [-0.25, -0.2) is 4.79 Å². The van der Waals surface area contributed by atoms with Crippen LogP contribution in [0, 0.1) is 6.92 Å². The molecule has 0 bridgehead atoms. The second-order valence-corrected chi connectivity index (χ2v) is 7.22. The summed E-state index contributed by atoms with van der Waals surface area (Å²) in [5.74, 6) is -0.233. The molecule has 2 N–H and O–H groups in total. The summed E-state index contributed by atoms with van der Waals surface area (Å²) in [6.45, 7) is 5.02. The van der Waals surface area contributed by atoms with Crippen LogP contribution in [-0.4, -0.2) is 42.2 Å². The Bertz CT molecular complexity index is 902. The van der Waals surface area contributed by atoms with Crippen LogP contribution in [0.1, 0.15) is 30.9 Å². The number of hydrogen-bond acceptors (Lipinski definition) is 4. The summed E-state index contributed by atoms with van der Waals surface area (Å²) in [6.07, 6.45) is 2.10. The van der Waals surface area contributed by atoms with Crippen LogP contribution in [0.4, 0.5) is 16.2 Å². The highest BCUT2D eigenvalue weighted by Gasteiger charge is 2.20. The molecule has 158 valence electrons. The van der Waals surface area contributed by atoms with E-state index in [0.29, 0.717) is 25.9 Å². The summed E-state index contributed by atoms with van der Waals surface area (Å²) in [7, 11) is 0. The summed E-state index contributed by atoms with van der Waals surface area (Å²) >= 11 is 0. The lowest BCUT2D eigenvalue weighted by molar-refractivity contribution is -0.120. The number of piperidine rings is 1. The number of amides is 3. The van der Waals surface area contributed by atoms with Crippen molar-refractivity contribution in [3.8, 4) is 0 Å². The number of carbonyl (C=O) groups is 2. The molecule has 2 aromatic carbocycles. The first-order valence-electron chi connectivity index (χ1n) is 10.2. The van der Waals surface area contributed by atoms with Crippen LogP contribution in [0.5, 0.6) is 0 Å². The molecule has 0 aliphatic carbocycles. The van der Waals surface area contributed by atoms with Gasteiger partial charge in [-0.1, -0.05) is 48.5 Å². The highest BCUT2D eigenvalue weighted by Crippen LogP contribution is 2.21. The Morgan fingerprint density at radius 1 is 1.03 bits per heavy atom. The topological polar surface area (TPSA) is 83.0 Å². The van der Waals surface area contributed by atoms with Gasteiger partial charge in [0, 0.05) is 37.3 Å². The standard InChI is InChI=1S/C23H28N4O3/c1-3-18-9-7-8-17(2)22(18)25-21(28)16-30-26-20-12-14-27(15-13-20)23(29)24-19-10-5-4-6-11-19/h4-11H,3,12-16H2,1-2H3,(H,24,29)(H,25,28). The molecule has 0 atom stereocenters. The Morgan fingerprint density at radius 2 is 1.77 bits per heavy atom. The molecule has 1 aliphatic heterocycles. The van der Waals surface area contributed by atoms with Crippen LogP contribution in [-0.2, 0) is 16.1 Å². The monoisotopic (exact) mass is 408 g/mol. The molecule has 7 nitrogen and oxygen atoms in total. The number of rotatable bonds is 6. The fourth-order valence-corrected chi connectivity index (χ4v) is 3.34. The van der Waals surface area contributed by atoms with Crippen LogP contribution >= 0.6 is 0 Å². The number of likely N-dealkylation sites (tertiary alicyclic amines) is 1. The Labute approximate surface area is 177 Å². The first kappa shape index (κ1) is 21.4. The quantitative estimate of drug-likeness (QED) is 0.703. The molecule has 30 heavy (non-hydrogen) atoms. The molecule has 1 fully saturated rings. The van der Waals surface area contributed by atoms with Gasteiger partial charge in [0.1, 0.15) is 0 Å². The number of benzene rings is 2. The average Bonchev–Trinajstić information content (AvgIpc) is 2.76. The molecule has 1 heterocycles. The molecule has 0 unspecified atom stereocenters. The van der Waals surface area contributed by atoms with E-state index in [2.05, 4.69) is 22.7 Å². The van der Waals surface area contributed by atoms with Gasteiger partial charge in [-0.15, -0.1) is 0 Å². The van der Waals surface area contributed by atoms with Crippen molar-refractivity contribution in [3.05, 3.63) is 59.7 Å². The Balaban J connectivity index is 1.43. The lowest BCUT2D eigenvalue weighted by atomic mass is 10.1. The maximum atomic E-state index is 12.3. The number of anilines is 2. The zero-order chi connectivity index (χ0) is 21.3. The highest BCUT2D eigenvalue weighted by molar-refractivity contribution is 5.94. The van der Waals surface area contributed by atoms with Crippen LogP contribution in [0.15, 0.2) is 53.7 Å². The zero-order valence-electron chi connectivity index (χ0n) is 17.5. The average molecular weight is 409 g/mol. The first-order chi connectivity index (χ1) is 14.6. The minimum Gasteiger partial charge on any atom is -0.386 e. The van der Waals surface area contributed by atoms with Gasteiger partial charge < -0.3 is 20.4 Å². The second kappa shape index (κ2) is 10.4. The number of oxime groups is 1. The predicted octanol–water partition coefficient (Wildman–Crippen LogP) is 4.20. The fourth-order valence-electron chi connectivity index (χ4n) is 3.34. The summed E-state index contributed by atoms with van der Waals surface area (Å²) < 4.78 is 0. The van der Waals surface area contributed by atoms with Crippen molar-refractivity contribution in [3.63, 3.8) is 0 Å². The van der Waals surface area contributed by atoms with E-state index in [9.17, 15) is 9.59 Å². The van der Waals surface area contributed by atoms with Crippen molar-refractivity contribution >= 4 is 29.0 Å². The highest BCUT2D eigenvalue weighted by atomic mass is 16.6. The van der Waals surface area contributed by atoms with E-state index in [1.165, 1.54) is 0 Å². The molecule has 3 rings (SSSR count). The van der Waals surface area contributed by atoms with Crippen molar-refractivity contribution in [2.24, 2.45) is 5.16 Å². The normalized spacial score (nSPS) is 13.5. The van der Waals surface area contributed by atoms with Crippen molar-refractivity contribution in [1.82, 2.24) is 4.90 Å². The molecule has 1 aliphatic rings. The summed E-state index contributed by atoms with van der Waals surface area (Å²) in [5.41, 5.74) is 4.60. The first-order valence-corrected chi connectivity index (χ1v) is 10.2. The van der Waals surface area contributed by atoms with Gasteiger partial charge in [-0.3, -0.25) is 4.79 Å². The van der Waals surface area contributed by atoms with Gasteiger partial charge >= 0.3 is 6.03 Å². The van der Waals surface area contributed by atoms with Crippen molar-refractivity contribution in [2.75, 3.05) is 30.3 Å². The van der Waals surface area contributed by atoms with Gasteiger partial charge in [0.15, 0.2) is 6.61 Å². The van der Waals surface area contributed by atoms with Gasteiger partial charge in [-0.2, -0.15) is 0 Å². The van der Waals surface area contributed by atoms with Crippen LogP contribution in [0.25, 0.3) is 0 Å². The molecule has 2 aromatic rings. The fraction of sp³-hybridized carbons (Fsp3) is 0.348. The van der Waals surface area contributed by atoms with Gasteiger partial charge in [-0.05, 0) is 36.6 Å². The number of aryl methyl sites for hydroxylation is 2. The third-order valence-electron chi connectivity index (χ3n) is 5.05. The van der Waals surface area contributed by atoms with Crippen LogP contribution in [0.3, 0.4) is 0 Å². The lowest BCUT2D eigenvalue weighted by Gasteiger charge is -2.27. The van der Waals surface area contributed by atoms with Gasteiger partial charge in [0.2, 0.25) is 0 Å². The van der Waals surface area contributed by atoms with Crippen LogP contribution < -0.4 is 10.6 Å². The second-order valence-electron chi connectivity index (χ2n) is 7.22. The zero-order valence-corrected chi connectivity index (χ0v) is 17.5. The number of urea groups is 1. The molecule has 0 aromatic heterocycles. The molecule has 3 amide bonds. The minimum atomic E-state index is -0.233. The molecular weight excluding hydrogens is 380 g/mol. The van der Waals surface area contributed by atoms with E-state index in [4.69, 9.17) is 4.84 Å². The van der Waals surface area contributed by atoms with E-state index < -0.39 is 0 Å². The minimum absolute atomic E-state index is 0.120. The summed E-state index contributed by atoms with van der Waals surface area (Å²) in [4.78, 5) is 31.6. The van der Waals surface area contributed by atoms with Gasteiger partial charge in [0.25, 0.3) is 5.91 Å². The molecular formula is C23H28N4O3. The van der Waals surface area contributed by atoms with Crippen molar-refractivity contribution < 1.29 is 14.4 Å². The van der Waals surface area contributed by atoms with Crippen LogP contribution in [0.2, 0.25) is 0 Å². The number of hydrogen-bond donors (Lipinski definition) is 2. The smallest absolute Gasteiger partial charge is 0.321 e. The summed E-state index contributed by atoms with van der Waals surface area (Å²) in [6, 6.07) is 15.2. The van der Waals surface area contributed by atoms with Crippen molar-refractivity contribution in [2.45, 2.75) is 33.1 Å². The third kappa shape index (κ3) is 5.83. The molecule has 7 heteroatoms. The molecule has 0 radical (unpaired) electrons. The molecule has 0 spiro atoms. The maximum Gasteiger partial charge on any atom is 0.321 e. The predicted molar refractivity (Wildman–Crippen MR) is 119 cm³/mol. The Kier molecular flexibility index (Phi) is 7.43. The van der Waals surface area contributed by atoms with E-state index in [0.717, 1.165) is 34.6 Å². The number of nitrogens with one attached hydrogen (secondary N) is 2. The maximum absolute atomic E-state index is 12.3. The van der Waals surface area contributed by atoms with E-state index >= 15 is 0 Å². The van der Waals surface area contributed by atoms with E-state index in [1.54, 1.807) is 4.90 Å². The Morgan fingerprint density at radius 3 is 2.47 bits per heavy atom.